The molecule has 0 radical (unpaired) electrons. The molecular formula is C39H35N3. The Labute approximate surface area is 249 Å². The lowest BCUT2D eigenvalue weighted by Gasteiger charge is -2.28. The molecule has 6 aromatic rings. The molecule has 0 saturated carbocycles. The number of anilines is 8. The van der Waals surface area contributed by atoms with E-state index in [2.05, 4.69) is 193 Å². The first-order valence-corrected chi connectivity index (χ1v) is 14.3. The second-order valence-corrected chi connectivity index (χ2v) is 10.6. The molecule has 0 bridgehead atoms. The Hall–Kier alpha value is -5.28. The van der Waals surface area contributed by atoms with Crippen molar-refractivity contribution in [1.29, 1.82) is 0 Å². The lowest BCUT2D eigenvalue weighted by Crippen LogP contribution is -2.13. The minimum atomic E-state index is 1.12. The predicted octanol–water partition coefficient (Wildman–Crippen LogP) is 11.0. The van der Waals surface area contributed by atoms with E-state index in [1.54, 1.807) is 0 Å². The monoisotopic (exact) mass is 545 g/mol. The molecule has 0 fully saturated rings. The fraction of sp³-hybridized carbons (Fsp3) is 0.0769. The molecule has 0 amide bonds. The molecule has 0 aromatic heterocycles. The van der Waals surface area contributed by atoms with Crippen molar-refractivity contribution in [2.45, 2.75) is 13.8 Å². The van der Waals surface area contributed by atoms with Crippen molar-refractivity contribution in [2.75, 3.05) is 21.7 Å². The predicted molar refractivity (Wildman–Crippen MR) is 180 cm³/mol. The molecule has 3 nitrogen and oxygen atoms in total. The summed E-state index contributed by atoms with van der Waals surface area (Å²) in [4.78, 5) is 6.81. The van der Waals surface area contributed by atoms with Crippen LogP contribution < -0.4 is 14.7 Å². The minimum absolute atomic E-state index is 1.12. The summed E-state index contributed by atoms with van der Waals surface area (Å²) in [5.74, 6) is 0. The fourth-order valence-electron chi connectivity index (χ4n) is 5.24. The number of hydrogen-bond acceptors (Lipinski definition) is 3. The van der Waals surface area contributed by atoms with E-state index in [9.17, 15) is 0 Å². The lowest BCUT2D eigenvalue weighted by atomic mass is 10.1. The summed E-state index contributed by atoms with van der Waals surface area (Å²) >= 11 is 0. The molecule has 6 rings (SSSR count). The molecule has 0 heterocycles. The van der Waals surface area contributed by atoms with Gasteiger partial charge in [0.25, 0.3) is 0 Å². The van der Waals surface area contributed by atoms with Crippen molar-refractivity contribution in [3.63, 3.8) is 0 Å². The molecule has 0 unspecified atom stereocenters. The molecule has 0 saturated heterocycles. The van der Waals surface area contributed by atoms with Crippen LogP contribution in [-0.4, -0.2) is 7.05 Å². The average Bonchev–Trinajstić information content (AvgIpc) is 3.04. The van der Waals surface area contributed by atoms with Gasteiger partial charge in [0.05, 0.1) is 0 Å². The van der Waals surface area contributed by atoms with Crippen LogP contribution in [0.2, 0.25) is 0 Å². The zero-order valence-electron chi connectivity index (χ0n) is 24.4. The van der Waals surface area contributed by atoms with Crippen LogP contribution in [0.15, 0.2) is 158 Å². The van der Waals surface area contributed by atoms with Crippen LogP contribution in [0, 0.1) is 13.8 Å². The highest BCUT2D eigenvalue weighted by Crippen LogP contribution is 2.38. The summed E-state index contributed by atoms with van der Waals surface area (Å²) in [7, 11) is 2.12. The normalized spacial score (nSPS) is 10.7. The van der Waals surface area contributed by atoms with Gasteiger partial charge in [0.1, 0.15) is 0 Å². The highest BCUT2D eigenvalue weighted by molar-refractivity contribution is 5.80. The van der Waals surface area contributed by atoms with E-state index in [0.717, 1.165) is 45.5 Å². The van der Waals surface area contributed by atoms with Crippen molar-refractivity contribution in [2.24, 2.45) is 0 Å². The first-order valence-electron chi connectivity index (χ1n) is 14.3. The molecule has 0 atom stereocenters. The number of rotatable bonds is 8. The molecular weight excluding hydrogens is 510 g/mol. The SMILES string of the molecule is Cc1ccc(N(c2ccc(C)cc2)c2ccc(N(C)c3ccc(N(c4ccccc4)c4ccccc4)cc3)cc2)cc1. The fourth-order valence-corrected chi connectivity index (χ4v) is 5.24. The van der Waals surface area contributed by atoms with Crippen molar-refractivity contribution < 1.29 is 0 Å². The maximum atomic E-state index is 2.30. The Balaban J connectivity index is 1.27. The second-order valence-electron chi connectivity index (χ2n) is 10.6. The van der Waals surface area contributed by atoms with Crippen LogP contribution in [0.3, 0.4) is 0 Å². The molecule has 206 valence electrons. The van der Waals surface area contributed by atoms with E-state index in [-0.39, 0.29) is 0 Å². The van der Waals surface area contributed by atoms with E-state index < -0.39 is 0 Å². The van der Waals surface area contributed by atoms with Crippen LogP contribution in [0.4, 0.5) is 45.5 Å². The number of nitrogens with zero attached hydrogens (tertiary/aromatic N) is 3. The van der Waals surface area contributed by atoms with Gasteiger partial charge in [0, 0.05) is 52.5 Å². The Morgan fingerprint density at radius 2 is 0.524 bits per heavy atom. The van der Waals surface area contributed by atoms with Crippen LogP contribution in [-0.2, 0) is 0 Å². The highest BCUT2D eigenvalue weighted by Gasteiger charge is 2.15. The van der Waals surface area contributed by atoms with E-state index in [4.69, 9.17) is 0 Å². The average molecular weight is 546 g/mol. The molecule has 0 spiro atoms. The Morgan fingerprint density at radius 1 is 0.286 bits per heavy atom. The van der Waals surface area contributed by atoms with Crippen molar-refractivity contribution in [3.8, 4) is 0 Å². The zero-order chi connectivity index (χ0) is 28.9. The van der Waals surface area contributed by atoms with Crippen LogP contribution in [0.25, 0.3) is 0 Å². The molecule has 42 heavy (non-hydrogen) atoms. The third-order valence-corrected chi connectivity index (χ3v) is 7.60. The van der Waals surface area contributed by atoms with E-state index in [0.29, 0.717) is 0 Å². The maximum Gasteiger partial charge on any atom is 0.0463 e. The van der Waals surface area contributed by atoms with Crippen molar-refractivity contribution >= 4 is 45.5 Å². The number of hydrogen-bond donors (Lipinski definition) is 0. The van der Waals surface area contributed by atoms with Gasteiger partial charge in [-0.25, -0.2) is 0 Å². The summed E-state index contributed by atoms with van der Waals surface area (Å²) < 4.78 is 0. The van der Waals surface area contributed by atoms with Crippen molar-refractivity contribution in [3.05, 3.63) is 169 Å². The van der Waals surface area contributed by atoms with Gasteiger partial charge >= 0.3 is 0 Å². The zero-order valence-corrected chi connectivity index (χ0v) is 24.4. The standard InChI is InChI=1S/C39H35N3/c1-30-14-18-36(19-15-30)42(37-20-16-31(2)17-21-37)39-28-24-33(25-29-39)40(3)32-22-26-38(27-23-32)41(34-10-6-4-7-11-34)35-12-8-5-9-13-35/h4-29H,1-3H3. The van der Waals surface area contributed by atoms with E-state index >= 15 is 0 Å². The van der Waals surface area contributed by atoms with Crippen LogP contribution in [0.1, 0.15) is 11.1 Å². The first-order chi connectivity index (χ1) is 20.6. The van der Waals surface area contributed by atoms with E-state index in [1.165, 1.54) is 11.1 Å². The largest absolute Gasteiger partial charge is 0.345 e. The Bertz CT molecular complexity index is 1630. The van der Waals surface area contributed by atoms with Gasteiger partial charge in [0.15, 0.2) is 0 Å². The minimum Gasteiger partial charge on any atom is -0.345 e. The number of para-hydroxylation sites is 2. The Kier molecular flexibility index (Phi) is 7.74. The molecule has 3 heteroatoms. The van der Waals surface area contributed by atoms with Crippen molar-refractivity contribution in [1.82, 2.24) is 0 Å². The van der Waals surface area contributed by atoms with Gasteiger partial charge in [-0.15, -0.1) is 0 Å². The van der Waals surface area contributed by atoms with Gasteiger partial charge in [-0.3, -0.25) is 0 Å². The summed E-state index contributed by atoms with van der Waals surface area (Å²) in [6.45, 7) is 4.25. The summed E-state index contributed by atoms with van der Waals surface area (Å²) in [6.07, 6.45) is 0. The van der Waals surface area contributed by atoms with Crippen LogP contribution in [0.5, 0.6) is 0 Å². The highest BCUT2D eigenvalue weighted by atomic mass is 15.2. The van der Waals surface area contributed by atoms with Gasteiger partial charge < -0.3 is 14.7 Å². The van der Waals surface area contributed by atoms with Gasteiger partial charge in [-0.05, 0) is 111 Å². The quantitative estimate of drug-likeness (QED) is 0.188. The second kappa shape index (κ2) is 12.1. The molecule has 0 N–H and O–H groups in total. The molecule has 0 aliphatic carbocycles. The van der Waals surface area contributed by atoms with Gasteiger partial charge in [-0.2, -0.15) is 0 Å². The summed E-state index contributed by atoms with van der Waals surface area (Å²) in [5, 5.41) is 0. The third kappa shape index (κ3) is 5.77. The smallest absolute Gasteiger partial charge is 0.0463 e. The number of aryl methyl sites for hydroxylation is 2. The summed E-state index contributed by atoms with van der Waals surface area (Å²) in [6, 6.07) is 55.9. The van der Waals surface area contributed by atoms with Gasteiger partial charge in [-0.1, -0.05) is 71.8 Å². The number of benzene rings is 6. The summed E-state index contributed by atoms with van der Waals surface area (Å²) in [5.41, 5.74) is 11.5. The first kappa shape index (κ1) is 26.9. The molecule has 0 aliphatic heterocycles. The molecule has 6 aromatic carbocycles. The topological polar surface area (TPSA) is 9.72 Å². The lowest BCUT2D eigenvalue weighted by molar-refractivity contribution is 1.20. The Morgan fingerprint density at radius 3 is 0.833 bits per heavy atom. The maximum absolute atomic E-state index is 2.30. The van der Waals surface area contributed by atoms with Gasteiger partial charge in [0.2, 0.25) is 0 Å². The third-order valence-electron chi connectivity index (χ3n) is 7.60. The molecule has 0 aliphatic rings. The van der Waals surface area contributed by atoms with Crippen LogP contribution >= 0.6 is 0 Å². The van der Waals surface area contributed by atoms with E-state index in [1.807, 2.05) is 0 Å².